The molecule has 0 fully saturated rings. The molecule has 0 aromatic heterocycles. The molecular formula is C15H19O6P. The molecule has 0 aliphatic carbocycles. The minimum atomic E-state index is -3.54. The standard InChI is InChI=1S/C15H19O6P/c1-2-14(16)20-10-6-11-21-15(17)9-12-22(18,19)13-7-4-3-5-8-13/h2-5,7-8H,1,6,9-12H2,(H,18,19). The summed E-state index contributed by atoms with van der Waals surface area (Å²) in [6, 6.07) is 8.19. The highest BCUT2D eigenvalue weighted by molar-refractivity contribution is 7.66. The summed E-state index contributed by atoms with van der Waals surface area (Å²) >= 11 is 0. The van der Waals surface area contributed by atoms with Gasteiger partial charge in [0.15, 0.2) is 0 Å². The van der Waals surface area contributed by atoms with Crippen molar-refractivity contribution in [2.75, 3.05) is 19.4 Å². The van der Waals surface area contributed by atoms with Crippen molar-refractivity contribution in [2.24, 2.45) is 0 Å². The smallest absolute Gasteiger partial charge is 0.330 e. The van der Waals surface area contributed by atoms with Gasteiger partial charge in [-0.15, -0.1) is 0 Å². The molecule has 1 atom stereocenters. The Hall–Kier alpha value is -1.91. The summed E-state index contributed by atoms with van der Waals surface area (Å²) in [5, 5.41) is 0.319. The zero-order chi connectivity index (χ0) is 16.4. The molecule has 0 saturated heterocycles. The van der Waals surface area contributed by atoms with Gasteiger partial charge in [0.2, 0.25) is 7.37 Å². The van der Waals surface area contributed by atoms with Gasteiger partial charge in [0.25, 0.3) is 0 Å². The molecule has 0 spiro atoms. The van der Waals surface area contributed by atoms with Crippen LogP contribution >= 0.6 is 7.37 Å². The van der Waals surface area contributed by atoms with E-state index in [1.807, 2.05) is 0 Å². The first kappa shape index (κ1) is 18.1. The number of carbonyl (C=O) groups is 2. The Morgan fingerprint density at radius 1 is 1.18 bits per heavy atom. The maximum atomic E-state index is 12.1. The first-order valence-corrected chi connectivity index (χ1v) is 8.62. The van der Waals surface area contributed by atoms with Crippen molar-refractivity contribution >= 4 is 24.6 Å². The summed E-state index contributed by atoms with van der Waals surface area (Å²) in [6.07, 6.45) is 1.10. The Morgan fingerprint density at radius 3 is 2.45 bits per heavy atom. The van der Waals surface area contributed by atoms with Gasteiger partial charge in [0.05, 0.1) is 19.6 Å². The predicted molar refractivity (Wildman–Crippen MR) is 82.1 cm³/mol. The summed E-state index contributed by atoms with van der Waals surface area (Å²) in [6.45, 7) is 3.46. The minimum absolute atomic E-state index is 0.0876. The zero-order valence-electron chi connectivity index (χ0n) is 12.1. The summed E-state index contributed by atoms with van der Waals surface area (Å²) in [5.74, 6) is -1.09. The predicted octanol–water partition coefficient (Wildman–Crippen LogP) is 1.63. The molecule has 0 radical (unpaired) electrons. The molecule has 1 aromatic carbocycles. The van der Waals surface area contributed by atoms with E-state index in [-0.39, 0.29) is 25.8 Å². The normalized spacial score (nSPS) is 13.0. The van der Waals surface area contributed by atoms with Crippen LogP contribution in [0.2, 0.25) is 0 Å². The van der Waals surface area contributed by atoms with Gasteiger partial charge < -0.3 is 14.4 Å². The molecule has 1 rings (SSSR count). The largest absolute Gasteiger partial charge is 0.466 e. The Balaban J connectivity index is 2.24. The molecule has 6 nitrogen and oxygen atoms in total. The number of rotatable bonds is 9. The molecule has 0 saturated carbocycles. The van der Waals surface area contributed by atoms with Crippen molar-refractivity contribution in [2.45, 2.75) is 12.8 Å². The van der Waals surface area contributed by atoms with E-state index in [0.29, 0.717) is 11.7 Å². The average Bonchev–Trinajstić information content (AvgIpc) is 2.53. The van der Waals surface area contributed by atoms with Gasteiger partial charge in [-0.25, -0.2) is 4.79 Å². The fourth-order valence-electron chi connectivity index (χ4n) is 1.58. The third-order valence-corrected chi connectivity index (χ3v) is 4.68. The molecule has 0 aliphatic rings. The molecular weight excluding hydrogens is 307 g/mol. The van der Waals surface area contributed by atoms with E-state index in [4.69, 9.17) is 9.47 Å². The topological polar surface area (TPSA) is 89.9 Å². The summed E-state index contributed by atoms with van der Waals surface area (Å²) in [4.78, 5) is 32.2. The van der Waals surface area contributed by atoms with Crippen LogP contribution < -0.4 is 5.30 Å². The van der Waals surface area contributed by atoms with Gasteiger partial charge in [-0.1, -0.05) is 24.8 Å². The third-order valence-electron chi connectivity index (χ3n) is 2.74. The number of ether oxygens (including phenoxy) is 2. The van der Waals surface area contributed by atoms with Crippen molar-refractivity contribution in [3.8, 4) is 0 Å². The quantitative estimate of drug-likeness (QED) is 0.321. The Labute approximate surface area is 129 Å². The van der Waals surface area contributed by atoms with E-state index in [1.165, 1.54) is 0 Å². The van der Waals surface area contributed by atoms with Gasteiger partial charge in [-0.2, -0.15) is 0 Å². The molecule has 1 aromatic rings. The van der Waals surface area contributed by atoms with Crippen LogP contribution in [-0.4, -0.2) is 36.2 Å². The first-order chi connectivity index (χ1) is 10.5. The molecule has 22 heavy (non-hydrogen) atoms. The number of carbonyl (C=O) groups excluding carboxylic acids is 2. The lowest BCUT2D eigenvalue weighted by Gasteiger charge is -2.11. The maximum absolute atomic E-state index is 12.1. The van der Waals surface area contributed by atoms with Gasteiger partial charge in [0, 0.05) is 24.0 Å². The molecule has 0 aliphatic heterocycles. The molecule has 1 unspecified atom stereocenters. The van der Waals surface area contributed by atoms with Crippen molar-refractivity contribution in [3.05, 3.63) is 43.0 Å². The van der Waals surface area contributed by atoms with Gasteiger partial charge in [0.1, 0.15) is 0 Å². The lowest BCUT2D eigenvalue weighted by Crippen LogP contribution is -2.13. The SMILES string of the molecule is C=CC(=O)OCCCOC(=O)CCP(=O)(O)c1ccccc1. The van der Waals surface area contributed by atoms with Crippen LogP contribution in [0.1, 0.15) is 12.8 Å². The second-order valence-electron chi connectivity index (χ2n) is 4.46. The first-order valence-electron chi connectivity index (χ1n) is 6.78. The fourth-order valence-corrected chi connectivity index (χ4v) is 2.96. The van der Waals surface area contributed by atoms with Gasteiger partial charge >= 0.3 is 11.9 Å². The summed E-state index contributed by atoms with van der Waals surface area (Å²) in [5.41, 5.74) is 0. The van der Waals surface area contributed by atoms with Gasteiger partial charge in [-0.05, 0) is 12.1 Å². The summed E-state index contributed by atoms with van der Waals surface area (Å²) < 4.78 is 21.7. The highest BCUT2D eigenvalue weighted by Crippen LogP contribution is 2.39. The van der Waals surface area contributed by atoms with Crippen LogP contribution in [-0.2, 0) is 23.6 Å². The highest BCUT2D eigenvalue weighted by Gasteiger charge is 2.22. The van der Waals surface area contributed by atoms with E-state index in [9.17, 15) is 19.0 Å². The number of hydrogen-bond donors (Lipinski definition) is 1. The van der Waals surface area contributed by atoms with Crippen molar-refractivity contribution in [1.82, 2.24) is 0 Å². The van der Waals surface area contributed by atoms with E-state index >= 15 is 0 Å². The molecule has 120 valence electrons. The Morgan fingerprint density at radius 2 is 1.82 bits per heavy atom. The Kier molecular flexibility index (Phi) is 7.57. The number of esters is 2. The monoisotopic (exact) mass is 326 g/mol. The fraction of sp³-hybridized carbons (Fsp3) is 0.333. The van der Waals surface area contributed by atoms with Crippen molar-refractivity contribution < 1.29 is 28.5 Å². The Bertz CT molecular complexity index is 554. The molecule has 0 heterocycles. The second kappa shape index (κ2) is 9.18. The molecule has 7 heteroatoms. The second-order valence-corrected chi connectivity index (χ2v) is 6.82. The van der Waals surface area contributed by atoms with E-state index in [1.54, 1.807) is 30.3 Å². The van der Waals surface area contributed by atoms with Crippen LogP contribution in [0.5, 0.6) is 0 Å². The number of benzene rings is 1. The lowest BCUT2D eigenvalue weighted by molar-refractivity contribution is -0.144. The lowest BCUT2D eigenvalue weighted by atomic mass is 10.4. The van der Waals surface area contributed by atoms with Crippen LogP contribution in [0.3, 0.4) is 0 Å². The average molecular weight is 326 g/mol. The van der Waals surface area contributed by atoms with Crippen LogP contribution in [0.4, 0.5) is 0 Å². The molecule has 0 bridgehead atoms. The van der Waals surface area contributed by atoms with Gasteiger partial charge in [-0.3, -0.25) is 9.36 Å². The summed E-state index contributed by atoms with van der Waals surface area (Å²) in [7, 11) is -3.54. The number of hydrogen-bond acceptors (Lipinski definition) is 5. The van der Waals surface area contributed by atoms with Crippen LogP contribution in [0.25, 0.3) is 0 Å². The molecule has 0 amide bonds. The molecule has 1 N–H and O–H groups in total. The van der Waals surface area contributed by atoms with E-state index in [2.05, 4.69) is 6.58 Å². The highest BCUT2D eigenvalue weighted by atomic mass is 31.2. The van der Waals surface area contributed by atoms with Crippen molar-refractivity contribution in [1.29, 1.82) is 0 Å². The zero-order valence-corrected chi connectivity index (χ0v) is 13.0. The maximum Gasteiger partial charge on any atom is 0.330 e. The van der Waals surface area contributed by atoms with Crippen LogP contribution in [0.15, 0.2) is 43.0 Å². The van der Waals surface area contributed by atoms with E-state index < -0.39 is 19.3 Å². The third kappa shape index (κ3) is 6.70. The van der Waals surface area contributed by atoms with E-state index in [0.717, 1.165) is 6.08 Å². The van der Waals surface area contributed by atoms with Crippen LogP contribution in [0, 0.1) is 0 Å². The minimum Gasteiger partial charge on any atom is -0.466 e. The van der Waals surface area contributed by atoms with Crippen molar-refractivity contribution in [3.63, 3.8) is 0 Å².